The maximum atomic E-state index is 11.9. The van der Waals surface area contributed by atoms with E-state index >= 15 is 0 Å². The van der Waals surface area contributed by atoms with Crippen molar-refractivity contribution in [2.24, 2.45) is 0 Å². The largest absolute Gasteiger partial charge is 0.398 e. The molecule has 2 N–H and O–H groups in total. The van der Waals surface area contributed by atoms with E-state index in [1.54, 1.807) is 12.1 Å². The molecular formula is C12H16ClNO2S. The van der Waals surface area contributed by atoms with Crippen LogP contribution in [-0.2, 0) is 21.3 Å². The van der Waals surface area contributed by atoms with Crippen LogP contribution in [0.1, 0.15) is 18.4 Å². The lowest BCUT2D eigenvalue weighted by Crippen LogP contribution is -2.17. The fraction of sp³-hybridized carbons (Fsp3) is 0.500. The van der Waals surface area contributed by atoms with Crippen LogP contribution in [0.2, 0.25) is 5.02 Å². The molecule has 1 aliphatic heterocycles. The van der Waals surface area contributed by atoms with Crippen molar-refractivity contribution in [2.45, 2.75) is 24.7 Å². The molecule has 1 fully saturated rings. The van der Waals surface area contributed by atoms with Gasteiger partial charge in [-0.25, -0.2) is 0 Å². The fourth-order valence-corrected chi connectivity index (χ4v) is 3.50. The van der Waals surface area contributed by atoms with Crippen LogP contribution < -0.4 is 5.73 Å². The quantitative estimate of drug-likeness (QED) is 0.857. The zero-order valence-electron chi connectivity index (χ0n) is 9.52. The summed E-state index contributed by atoms with van der Waals surface area (Å²) in [5.74, 6) is 1.07. The summed E-state index contributed by atoms with van der Waals surface area (Å²) >= 11 is 5.82. The third-order valence-corrected chi connectivity index (χ3v) is 4.43. The highest BCUT2D eigenvalue weighted by atomic mass is 35.5. The van der Waals surface area contributed by atoms with Gasteiger partial charge in [0, 0.05) is 28.1 Å². The van der Waals surface area contributed by atoms with Crippen molar-refractivity contribution in [1.29, 1.82) is 0 Å². The van der Waals surface area contributed by atoms with Crippen LogP contribution >= 0.6 is 11.6 Å². The van der Waals surface area contributed by atoms with E-state index in [0.29, 0.717) is 22.2 Å². The maximum absolute atomic E-state index is 11.9. The number of rotatable bonds is 4. The van der Waals surface area contributed by atoms with Gasteiger partial charge in [0.05, 0.1) is 17.6 Å². The van der Waals surface area contributed by atoms with Crippen molar-refractivity contribution in [3.05, 3.63) is 28.8 Å². The third kappa shape index (κ3) is 3.69. The smallest absolute Gasteiger partial charge is 0.0691 e. The van der Waals surface area contributed by atoms with Crippen molar-refractivity contribution < 1.29 is 8.95 Å². The fourth-order valence-electron chi connectivity index (χ4n) is 1.91. The van der Waals surface area contributed by atoms with Crippen molar-refractivity contribution in [3.8, 4) is 0 Å². The normalized spacial score (nSPS) is 21.6. The molecule has 1 saturated heterocycles. The van der Waals surface area contributed by atoms with E-state index in [0.717, 1.165) is 25.0 Å². The highest BCUT2D eigenvalue weighted by Gasteiger charge is 2.18. The van der Waals surface area contributed by atoms with Crippen LogP contribution in [0.4, 0.5) is 5.69 Å². The minimum absolute atomic E-state index is 0.157. The van der Waals surface area contributed by atoms with Gasteiger partial charge in [0.15, 0.2) is 0 Å². The van der Waals surface area contributed by atoms with E-state index < -0.39 is 10.8 Å². The summed E-state index contributed by atoms with van der Waals surface area (Å²) in [7, 11) is -0.926. The van der Waals surface area contributed by atoms with Gasteiger partial charge in [-0.15, -0.1) is 0 Å². The molecule has 1 heterocycles. The summed E-state index contributed by atoms with van der Waals surface area (Å²) in [6.45, 7) is 0.797. The van der Waals surface area contributed by atoms with E-state index in [1.807, 2.05) is 6.07 Å². The lowest BCUT2D eigenvalue weighted by atomic mass is 10.2. The Hall–Kier alpha value is -0.580. The summed E-state index contributed by atoms with van der Waals surface area (Å²) in [5.41, 5.74) is 7.33. The first-order chi connectivity index (χ1) is 8.15. The predicted molar refractivity (Wildman–Crippen MR) is 71.6 cm³/mol. The minimum atomic E-state index is -0.926. The van der Waals surface area contributed by atoms with Crippen molar-refractivity contribution in [3.63, 3.8) is 0 Å². The van der Waals surface area contributed by atoms with Gasteiger partial charge in [-0.05, 0) is 30.5 Å². The highest BCUT2D eigenvalue weighted by Crippen LogP contribution is 2.20. The van der Waals surface area contributed by atoms with Gasteiger partial charge in [0.2, 0.25) is 0 Å². The number of nitrogens with two attached hydrogens (primary N) is 1. The summed E-state index contributed by atoms with van der Waals surface area (Å²) < 4.78 is 17.4. The molecule has 0 bridgehead atoms. The summed E-state index contributed by atoms with van der Waals surface area (Å²) in [4.78, 5) is 0. The van der Waals surface area contributed by atoms with Crippen LogP contribution in [0, 0.1) is 0 Å². The molecule has 17 heavy (non-hydrogen) atoms. The van der Waals surface area contributed by atoms with E-state index in [-0.39, 0.29) is 6.10 Å². The monoisotopic (exact) mass is 273 g/mol. The average molecular weight is 274 g/mol. The molecule has 0 amide bonds. The molecule has 0 saturated carbocycles. The molecule has 2 rings (SSSR count). The Morgan fingerprint density at radius 3 is 3.00 bits per heavy atom. The van der Waals surface area contributed by atoms with E-state index in [1.165, 1.54) is 0 Å². The zero-order chi connectivity index (χ0) is 12.3. The van der Waals surface area contributed by atoms with Gasteiger partial charge in [-0.1, -0.05) is 17.7 Å². The van der Waals surface area contributed by atoms with Crippen LogP contribution in [0.5, 0.6) is 0 Å². The van der Waals surface area contributed by atoms with Crippen LogP contribution in [0.25, 0.3) is 0 Å². The molecule has 0 aromatic heterocycles. The predicted octanol–water partition coefficient (Wildman–Crippen LogP) is 2.35. The first-order valence-electron chi connectivity index (χ1n) is 5.65. The molecule has 0 radical (unpaired) electrons. The number of hydrogen-bond donors (Lipinski definition) is 1. The van der Waals surface area contributed by atoms with Crippen LogP contribution in [-0.4, -0.2) is 22.7 Å². The second kappa shape index (κ2) is 5.85. The molecule has 0 spiro atoms. The van der Waals surface area contributed by atoms with Crippen molar-refractivity contribution >= 4 is 28.1 Å². The Bertz CT molecular complexity index is 419. The SMILES string of the molecule is Nc1cc(Cl)ccc1CS(=O)CC1CCCO1. The summed E-state index contributed by atoms with van der Waals surface area (Å²) in [6.07, 6.45) is 2.25. The van der Waals surface area contributed by atoms with Crippen molar-refractivity contribution in [2.75, 3.05) is 18.1 Å². The van der Waals surface area contributed by atoms with Crippen molar-refractivity contribution in [1.82, 2.24) is 0 Å². The molecule has 2 unspecified atom stereocenters. The molecule has 3 nitrogen and oxygen atoms in total. The summed E-state index contributed by atoms with van der Waals surface area (Å²) in [5, 5.41) is 0.608. The first kappa shape index (κ1) is 12.9. The number of anilines is 1. The molecular weight excluding hydrogens is 258 g/mol. The zero-order valence-corrected chi connectivity index (χ0v) is 11.1. The van der Waals surface area contributed by atoms with Gasteiger partial charge in [0.25, 0.3) is 0 Å². The van der Waals surface area contributed by atoms with Gasteiger partial charge >= 0.3 is 0 Å². The second-order valence-electron chi connectivity index (χ2n) is 4.23. The molecule has 1 aliphatic rings. The topological polar surface area (TPSA) is 52.3 Å². The minimum Gasteiger partial charge on any atom is -0.398 e. The number of halogens is 1. The number of hydrogen-bond acceptors (Lipinski definition) is 3. The lowest BCUT2D eigenvalue weighted by molar-refractivity contribution is 0.128. The van der Waals surface area contributed by atoms with Crippen LogP contribution in [0.15, 0.2) is 18.2 Å². The third-order valence-electron chi connectivity index (χ3n) is 2.82. The Labute approximate surface area is 109 Å². The number of nitrogen functional groups attached to an aromatic ring is 1. The van der Waals surface area contributed by atoms with E-state index in [4.69, 9.17) is 22.1 Å². The van der Waals surface area contributed by atoms with E-state index in [2.05, 4.69) is 0 Å². The lowest BCUT2D eigenvalue weighted by Gasteiger charge is -2.10. The molecule has 0 aliphatic carbocycles. The molecule has 5 heteroatoms. The number of benzene rings is 1. The number of ether oxygens (including phenoxy) is 1. The van der Waals surface area contributed by atoms with E-state index in [9.17, 15) is 4.21 Å². The Kier molecular flexibility index (Phi) is 4.42. The molecule has 1 aromatic carbocycles. The summed E-state index contributed by atoms with van der Waals surface area (Å²) in [6, 6.07) is 5.31. The highest BCUT2D eigenvalue weighted by molar-refractivity contribution is 7.84. The molecule has 2 atom stereocenters. The first-order valence-corrected chi connectivity index (χ1v) is 7.52. The molecule has 1 aromatic rings. The maximum Gasteiger partial charge on any atom is 0.0691 e. The Balaban J connectivity index is 1.93. The van der Waals surface area contributed by atoms with Gasteiger partial charge in [-0.2, -0.15) is 0 Å². The standard InChI is InChI=1S/C12H16ClNO2S/c13-10-4-3-9(12(14)6-10)7-17(15)8-11-2-1-5-16-11/h3-4,6,11H,1-2,5,7-8,14H2. The second-order valence-corrected chi connectivity index (χ2v) is 6.17. The average Bonchev–Trinajstić information content (AvgIpc) is 2.75. The van der Waals surface area contributed by atoms with Gasteiger partial charge < -0.3 is 10.5 Å². The van der Waals surface area contributed by atoms with Crippen LogP contribution in [0.3, 0.4) is 0 Å². The Morgan fingerprint density at radius 2 is 2.35 bits per heavy atom. The van der Waals surface area contributed by atoms with Gasteiger partial charge in [-0.3, -0.25) is 4.21 Å². The Morgan fingerprint density at radius 1 is 1.53 bits per heavy atom. The van der Waals surface area contributed by atoms with Gasteiger partial charge in [0.1, 0.15) is 0 Å². The molecule has 94 valence electrons.